The topological polar surface area (TPSA) is 186 Å². The van der Waals surface area contributed by atoms with Gasteiger partial charge in [-0.05, 0) is 90.5 Å². The molecule has 0 aromatic heterocycles. The van der Waals surface area contributed by atoms with Crippen LogP contribution in [0.3, 0.4) is 0 Å². The third-order valence-electron chi connectivity index (χ3n) is 7.91. The molecule has 0 spiro atoms. The van der Waals surface area contributed by atoms with Crippen molar-refractivity contribution in [1.82, 2.24) is 0 Å². The van der Waals surface area contributed by atoms with Crippen molar-refractivity contribution in [3.63, 3.8) is 0 Å². The number of hydrogen-bond acceptors (Lipinski definition) is 8. The van der Waals surface area contributed by atoms with Gasteiger partial charge in [0, 0.05) is 6.08 Å². The van der Waals surface area contributed by atoms with Crippen LogP contribution < -0.4 is 18.9 Å². The molecular formula is C40H28O12. The highest BCUT2D eigenvalue weighted by Gasteiger charge is 2.42. The van der Waals surface area contributed by atoms with E-state index in [4.69, 9.17) is 18.9 Å². The number of rotatable bonds is 13. The van der Waals surface area contributed by atoms with E-state index in [2.05, 4.69) is 0 Å². The molecule has 12 heteroatoms. The summed E-state index contributed by atoms with van der Waals surface area (Å²) >= 11 is 0. The zero-order chi connectivity index (χ0) is 36.8. The van der Waals surface area contributed by atoms with E-state index in [0.717, 1.165) is 17.7 Å². The van der Waals surface area contributed by atoms with Crippen LogP contribution in [0.2, 0.25) is 0 Å². The van der Waals surface area contributed by atoms with Gasteiger partial charge in [-0.15, -0.1) is 0 Å². The van der Waals surface area contributed by atoms with Crippen molar-refractivity contribution in [3.8, 4) is 34.5 Å². The van der Waals surface area contributed by atoms with Gasteiger partial charge in [0.1, 0.15) is 34.5 Å². The van der Waals surface area contributed by atoms with Crippen molar-refractivity contribution in [3.05, 3.63) is 167 Å². The first-order valence-corrected chi connectivity index (χ1v) is 15.6. The van der Waals surface area contributed by atoms with Gasteiger partial charge in [0.2, 0.25) is 0 Å². The van der Waals surface area contributed by atoms with Gasteiger partial charge in [-0.25, -0.2) is 19.2 Å². The zero-order valence-corrected chi connectivity index (χ0v) is 26.9. The second-order valence-corrected chi connectivity index (χ2v) is 11.3. The lowest BCUT2D eigenvalue weighted by molar-refractivity contribution is -0.0827. The Bertz CT molecular complexity index is 2080. The van der Waals surface area contributed by atoms with E-state index >= 15 is 0 Å². The minimum atomic E-state index is -1.40. The van der Waals surface area contributed by atoms with Crippen LogP contribution in [0.1, 0.15) is 52.9 Å². The number of carbonyl (C=O) groups is 4. The highest BCUT2D eigenvalue weighted by atomic mass is 16.7. The van der Waals surface area contributed by atoms with E-state index in [-0.39, 0.29) is 22.6 Å². The van der Waals surface area contributed by atoms with Crippen LogP contribution in [-0.4, -0.2) is 50.1 Å². The predicted octanol–water partition coefficient (Wildman–Crippen LogP) is 8.13. The van der Waals surface area contributed by atoms with Crippen LogP contribution in [0.4, 0.5) is 0 Å². The fraction of sp³-hybridized carbons (Fsp3) is 0.0500. The molecule has 5 aromatic rings. The molecule has 0 saturated carbocycles. The number of carboxylic acid groups (broad SMARTS) is 4. The summed E-state index contributed by atoms with van der Waals surface area (Å²) in [7, 11) is 0. The van der Waals surface area contributed by atoms with Crippen molar-refractivity contribution in [2.24, 2.45) is 0 Å². The monoisotopic (exact) mass is 700 g/mol. The molecule has 0 saturated heterocycles. The SMILES string of the molecule is O=C(O)c1ccc(Oc2ccc(OC3(Oc4ccc(Oc5ccc(C(=O)O)c(C(=O)O)c5)cc4)C=CC=CC3c3ccccc3)cc2)cc1C(=O)O. The maximum Gasteiger partial charge on any atom is 0.336 e. The molecule has 0 bridgehead atoms. The summed E-state index contributed by atoms with van der Waals surface area (Å²) in [6.07, 6.45) is 7.43. The molecule has 0 radical (unpaired) electrons. The summed E-state index contributed by atoms with van der Waals surface area (Å²) in [5.41, 5.74) is -0.634. The van der Waals surface area contributed by atoms with E-state index in [9.17, 15) is 39.6 Å². The number of benzene rings is 5. The molecule has 1 atom stereocenters. The van der Waals surface area contributed by atoms with Crippen LogP contribution in [-0.2, 0) is 0 Å². The summed E-state index contributed by atoms with van der Waals surface area (Å²) in [5.74, 6) is -5.61. The number of carboxylic acids is 4. The lowest BCUT2D eigenvalue weighted by Crippen LogP contribution is -2.46. The molecule has 12 nitrogen and oxygen atoms in total. The molecule has 1 unspecified atom stereocenters. The highest BCUT2D eigenvalue weighted by molar-refractivity contribution is 6.02. The largest absolute Gasteiger partial charge is 0.478 e. The summed E-state index contributed by atoms with van der Waals surface area (Å²) in [6.45, 7) is 0. The third-order valence-corrected chi connectivity index (χ3v) is 7.91. The number of allylic oxidation sites excluding steroid dienone is 2. The fourth-order valence-electron chi connectivity index (χ4n) is 5.51. The molecule has 1 aliphatic carbocycles. The fourth-order valence-corrected chi connectivity index (χ4v) is 5.51. The molecule has 52 heavy (non-hydrogen) atoms. The molecule has 0 fully saturated rings. The Morgan fingerprint density at radius 3 is 1.29 bits per heavy atom. The minimum absolute atomic E-state index is 0.132. The second-order valence-electron chi connectivity index (χ2n) is 11.3. The Balaban J connectivity index is 1.25. The standard InChI is InChI=1S/C40H28O12/c41-36(42)31-19-17-29(22-33(31)38(45)46)49-25-9-13-27(14-10-25)51-40(21-5-4-8-35(40)24-6-2-1-3-7-24)52-28-15-11-26(12-16-28)50-30-18-20-32(37(43)44)34(23-30)39(47)48/h1-23,35H,(H,41,42)(H,43,44)(H,45,46)(H,47,48). The molecule has 1 aliphatic rings. The molecule has 6 rings (SSSR count). The van der Waals surface area contributed by atoms with Crippen LogP contribution >= 0.6 is 0 Å². The first-order chi connectivity index (χ1) is 25.0. The zero-order valence-electron chi connectivity index (χ0n) is 26.9. The van der Waals surface area contributed by atoms with Crippen LogP contribution in [0.25, 0.3) is 0 Å². The molecular weight excluding hydrogens is 672 g/mol. The second kappa shape index (κ2) is 14.6. The van der Waals surface area contributed by atoms with Crippen molar-refractivity contribution in [1.29, 1.82) is 0 Å². The van der Waals surface area contributed by atoms with Crippen molar-refractivity contribution >= 4 is 23.9 Å². The van der Waals surface area contributed by atoms with Gasteiger partial charge in [-0.3, -0.25) is 0 Å². The molecule has 5 aromatic carbocycles. The minimum Gasteiger partial charge on any atom is -0.478 e. The smallest absolute Gasteiger partial charge is 0.336 e. The summed E-state index contributed by atoms with van der Waals surface area (Å²) in [5, 5.41) is 37.5. The Kier molecular flexibility index (Phi) is 9.72. The predicted molar refractivity (Wildman–Crippen MR) is 185 cm³/mol. The molecule has 0 amide bonds. The quantitative estimate of drug-likeness (QED) is 0.0866. The van der Waals surface area contributed by atoms with Gasteiger partial charge in [0.15, 0.2) is 0 Å². The van der Waals surface area contributed by atoms with Crippen molar-refractivity contribution in [2.75, 3.05) is 0 Å². The Hall–Kier alpha value is -7.34. The van der Waals surface area contributed by atoms with Crippen LogP contribution in [0.15, 0.2) is 140 Å². The first kappa shape index (κ1) is 34.5. The lowest BCUT2D eigenvalue weighted by atomic mass is 9.86. The highest BCUT2D eigenvalue weighted by Crippen LogP contribution is 2.40. The molecule has 0 heterocycles. The van der Waals surface area contributed by atoms with Gasteiger partial charge in [-0.2, -0.15) is 0 Å². The maximum atomic E-state index is 11.6. The van der Waals surface area contributed by atoms with E-state index in [0.29, 0.717) is 23.0 Å². The van der Waals surface area contributed by atoms with Crippen LogP contribution in [0, 0.1) is 0 Å². The number of ether oxygens (including phenoxy) is 4. The molecule has 0 aliphatic heterocycles. The molecule has 260 valence electrons. The Morgan fingerprint density at radius 2 is 0.865 bits per heavy atom. The first-order valence-electron chi connectivity index (χ1n) is 15.6. The maximum absolute atomic E-state index is 11.6. The molecule has 4 N–H and O–H groups in total. The lowest BCUT2D eigenvalue weighted by Gasteiger charge is -2.39. The van der Waals surface area contributed by atoms with E-state index < -0.39 is 46.7 Å². The van der Waals surface area contributed by atoms with E-state index in [1.807, 2.05) is 42.5 Å². The third kappa shape index (κ3) is 7.61. The summed E-state index contributed by atoms with van der Waals surface area (Å²) in [6, 6.07) is 30.0. The Morgan fingerprint density at radius 1 is 0.462 bits per heavy atom. The average molecular weight is 701 g/mol. The van der Waals surface area contributed by atoms with Crippen molar-refractivity contribution < 1.29 is 58.6 Å². The Labute approximate surface area is 295 Å². The van der Waals surface area contributed by atoms with Gasteiger partial charge < -0.3 is 39.4 Å². The average Bonchev–Trinajstić information content (AvgIpc) is 3.13. The normalized spacial score (nSPS) is 14.2. The summed E-state index contributed by atoms with van der Waals surface area (Å²) < 4.78 is 24.8. The number of hydrogen-bond donors (Lipinski definition) is 4. The number of aromatic carboxylic acids is 4. The van der Waals surface area contributed by atoms with Gasteiger partial charge in [0.25, 0.3) is 5.79 Å². The van der Waals surface area contributed by atoms with Gasteiger partial charge >= 0.3 is 23.9 Å². The van der Waals surface area contributed by atoms with Crippen molar-refractivity contribution in [2.45, 2.75) is 11.7 Å². The summed E-state index contributed by atoms with van der Waals surface area (Å²) in [4.78, 5) is 46.0. The van der Waals surface area contributed by atoms with E-state index in [1.54, 1.807) is 60.7 Å². The van der Waals surface area contributed by atoms with Gasteiger partial charge in [-0.1, -0.05) is 48.6 Å². The van der Waals surface area contributed by atoms with Crippen LogP contribution in [0.5, 0.6) is 34.5 Å². The van der Waals surface area contributed by atoms with E-state index in [1.165, 1.54) is 24.3 Å². The van der Waals surface area contributed by atoms with Gasteiger partial charge in [0.05, 0.1) is 28.2 Å².